The highest BCUT2D eigenvalue weighted by molar-refractivity contribution is 5.88. The van der Waals surface area contributed by atoms with Crippen LogP contribution in [0.2, 0.25) is 0 Å². The first-order valence-corrected chi connectivity index (χ1v) is 7.07. The van der Waals surface area contributed by atoms with Crippen molar-refractivity contribution < 1.29 is 23.8 Å². The number of hydrogen-bond acceptors (Lipinski definition) is 3. The lowest BCUT2D eigenvalue weighted by molar-refractivity contribution is -0.130. The van der Waals surface area contributed by atoms with Gasteiger partial charge in [-0.3, -0.25) is 4.79 Å². The average molecular weight is 309 g/mol. The maximum absolute atomic E-state index is 13.6. The van der Waals surface area contributed by atoms with E-state index in [4.69, 9.17) is 9.84 Å². The molecule has 120 valence electrons. The Kier molecular flexibility index (Phi) is 4.51. The van der Waals surface area contributed by atoms with Crippen LogP contribution in [0.5, 0.6) is 0 Å². The number of carbonyl (C=O) groups is 2. The maximum atomic E-state index is 13.6. The van der Waals surface area contributed by atoms with Gasteiger partial charge in [-0.1, -0.05) is 19.9 Å². The van der Waals surface area contributed by atoms with Gasteiger partial charge in [0, 0.05) is 25.6 Å². The SMILES string of the molecule is COC1CN(C(=O)Cc2ccc(C(=O)O)c(F)c2)CC1(C)C. The fraction of sp³-hybridized carbons (Fsp3) is 0.500. The smallest absolute Gasteiger partial charge is 0.338 e. The van der Waals surface area contributed by atoms with E-state index in [2.05, 4.69) is 0 Å². The zero-order valence-corrected chi connectivity index (χ0v) is 12.9. The van der Waals surface area contributed by atoms with Crippen LogP contribution in [0.4, 0.5) is 4.39 Å². The van der Waals surface area contributed by atoms with Crippen molar-refractivity contribution in [3.63, 3.8) is 0 Å². The van der Waals surface area contributed by atoms with E-state index in [0.717, 1.165) is 6.07 Å². The molecule has 0 aromatic heterocycles. The van der Waals surface area contributed by atoms with Gasteiger partial charge in [0.15, 0.2) is 0 Å². The second-order valence-corrected chi connectivity index (χ2v) is 6.28. The number of nitrogens with zero attached hydrogens (tertiary/aromatic N) is 1. The molecule has 1 fully saturated rings. The van der Waals surface area contributed by atoms with Gasteiger partial charge in [-0.15, -0.1) is 0 Å². The molecule has 6 heteroatoms. The van der Waals surface area contributed by atoms with Crippen LogP contribution in [0.25, 0.3) is 0 Å². The number of hydrogen-bond donors (Lipinski definition) is 1. The molecule has 1 unspecified atom stereocenters. The average Bonchev–Trinajstić information content (AvgIpc) is 2.73. The molecular formula is C16H20FNO4. The predicted octanol–water partition coefficient (Wildman–Crippen LogP) is 1.95. The van der Waals surface area contributed by atoms with E-state index >= 15 is 0 Å². The van der Waals surface area contributed by atoms with E-state index in [9.17, 15) is 14.0 Å². The van der Waals surface area contributed by atoms with E-state index in [1.165, 1.54) is 12.1 Å². The first kappa shape index (κ1) is 16.4. The van der Waals surface area contributed by atoms with Crippen LogP contribution in [0.1, 0.15) is 29.8 Å². The molecule has 1 heterocycles. The number of carboxylic acids is 1. The molecule has 1 aromatic carbocycles. The van der Waals surface area contributed by atoms with Crippen molar-refractivity contribution in [2.75, 3.05) is 20.2 Å². The number of benzene rings is 1. The first-order chi connectivity index (χ1) is 10.2. The normalized spacial score (nSPS) is 20.2. The quantitative estimate of drug-likeness (QED) is 0.923. The minimum absolute atomic E-state index is 0.0254. The molecule has 0 spiro atoms. The largest absolute Gasteiger partial charge is 0.478 e. The summed E-state index contributed by atoms with van der Waals surface area (Å²) in [4.78, 5) is 24.8. The summed E-state index contributed by atoms with van der Waals surface area (Å²) in [6, 6.07) is 3.77. The number of aromatic carboxylic acids is 1. The van der Waals surface area contributed by atoms with Crippen molar-refractivity contribution >= 4 is 11.9 Å². The number of rotatable bonds is 4. The molecule has 1 N–H and O–H groups in total. The van der Waals surface area contributed by atoms with E-state index in [0.29, 0.717) is 18.7 Å². The Labute approximate surface area is 128 Å². The summed E-state index contributed by atoms with van der Waals surface area (Å²) in [5.41, 5.74) is -0.0489. The van der Waals surface area contributed by atoms with Crippen LogP contribution in [-0.2, 0) is 16.0 Å². The third-order valence-corrected chi connectivity index (χ3v) is 4.11. The summed E-state index contributed by atoms with van der Waals surface area (Å²) < 4.78 is 19.0. The van der Waals surface area contributed by atoms with Crippen molar-refractivity contribution in [1.82, 2.24) is 4.90 Å². The van der Waals surface area contributed by atoms with Crippen LogP contribution >= 0.6 is 0 Å². The highest BCUT2D eigenvalue weighted by atomic mass is 19.1. The Balaban J connectivity index is 2.07. The number of halogens is 1. The second kappa shape index (κ2) is 6.04. The second-order valence-electron chi connectivity index (χ2n) is 6.28. The molecule has 0 bridgehead atoms. The predicted molar refractivity (Wildman–Crippen MR) is 78.2 cm³/mol. The lowest BCUT2D eigenvalue weighted by atomic mass is 9.90. The zero-order valence-electron chi connectivity index (χ0n) is 12.9. The summed E-state index contributed by atoms with van der Waals surface area (Å²) in [7, 11) is 1.63. The number of carbonyl (C=O) groups excluding carboxylic acids is 1. The van der Waals surface area contributed by atoms with E-state index in [-0.39, 0.29) is 23.8 Å². The third kappa shape index (κ3) is 3.27. The van der Waals surface area contributed by atoms with Crippen LogP contribution in [-0.4, -0.2) is 48.2 Å². The summed E-state index contributed by atoms with van der Waals surface area (Å²) in [5.74, 6) is -2.26. The maximum Gasteiger partial charge on any atom is 0.338 e. The van der Waals surface area contributed by atoms with Gasteiger partial charge in [-0.05, 0) is 17.7 Å². The molecule has 0 radical (unpaired) electrons. The number of amides is 1. The standard InChI is InChI=1S/C16H20FNO4/c1-16(2)9-18(8-13(16)22-3)14(19)7-10-4-5-11(15(20)21)12(17)6-10/h4-6,13H,7-9H2,1-3H3,(H,20,21). The van der Waals surface area contributed by atoms with Gasteiger partial charge in [-0.25, -0.2) is 9.18 Å². The van der Waals surface area contributed by atoms with Crippen LogP contribution in [0.15, 0.2) is 18.2 Å². The minimum atomic E-state index is -1.32. The fourth-order valence-corrected chi connectivity index (χ4v) is 2.82. The molecule has 22 heavy (non-hydrogen) atoms. The van der Waals surface area contributed by atoms with Crippen LogP contribution in [0.3, 0.4) is 0 Å². The number of likely N-dealkylation sites (tertiary alicyclic amines) is 1. The van der Waals surface area contributed by atoms with Crippen molar-refractivity contribution in [1.29, 1.82) is 0 Å². The summed E-state index contributed by atoms with van der Waals surface area (Å²) in [5, 5.41) is 8.80. The highest BCUT2D eigenvalue weighted by Gasteiger charge is 2.41. The zero-order chi connectivity index (χ0) is 16.5. The molecular weight excluding hydrogens is 289 g/mol. The molecule has 1 aromatic rings. The van der Waals surface area contributed by atoms with Crippen molar-refractivity contribution in [2.24, 2.45) is 5.41 Å². The Morgan fingerprint density at radius 1 is 1.45 bits per heavy atom. The van der Waals surface area contributed by atoms with Gasteiger partial charge in [0.1, 0.15) is 5.82 Å². The molecule has 1 atom stereocenters. The lowest BCUT2D eigenvalue weighted by Crippen LogP contribution is -2.31. The number of ether oxygens (including phenoxy) is 1. The summed E-state index contributed by atoms with van der Waals surface area (Å²) >= 11 is 0. The van der Waals surface area contributed by atoms with Gasteiger partial charge >= 0.3 is 5.97 Å². The number of carboxylic acid groups (broad SMARTS) is 1. The summed E-state index contributed by atoms with van der Waals surface area (Å²) in [6.45, 7) is 5.17. The van der Waals surface area contributed by atoms with Crippen LogP contribution in [0, 0.1) is 11.2 Å². The Hall–Kier alpha value is -1.95. The molecule has 1 amide bonds. The van der Waals surface area contributed by atoms with E-state index in [1.807, 2.05) is 13.8 Å². The molecule has 5 nitrogen and oxygen atoms in total. The number of methoxy groups -OCH3 is 1. The molecule has 1 saturated heterocycles. The monoisotopic (exact) mass is 309 g/mol. The topological polar surface area (TPSA) is 66.8 Å². The third-order valence-electron chi connectivity index (χ3n) is 4.11. The molecule has 0 saturated carbocycles. The molecule has 1 aliphatic heterocycles. The minimum Gasteiger partial charge on any atom is -0.478 e. The van der Waals surface area contributed by atoms with Gasteiger partial charge in [0.2, 0.25) is 5.91 Å². The first-order valence-electron chi connectivity index (χ1n) is 7.07. The van der Waals surface area contributed by atoms with Crippen LogP contribution < -0.4 is 0 Å². The van der Waals surface area contributed by atoms with Crippen molar-refractivity contribution in [3.8, 4) is 0 Å². The van der Waals surface area contributed by atoms with E-state index < -0.39 is 17.3 Å². The molecule has 1 aliphatic rings. The van der Waals surface area contributed by atoms with Gasteiger partial charge in [0.05, 0.1) is 18.1 Å². The Bertz CT molecular complexity index is 600. The van der Waals surface area contributed by atoms with Crippen molar-refractivity contribution in [3.05, 3.63) is 35.1 Å². The summed E-state index contributed by atoms with van der Waals surface area (Å²) in [6.07, 6.45) is 0.0196. The lowest BCUT2D eigenvalue weighted by Gasteiger charge is -2.23. The highest BCUT2D eigenvalue weighted by Crippen LogP contribution is 2.31. The fourth-order valence-electron chi connectivity index (χ4n) is 2.82. The van der Waals surface area contributed by atoms with Gasteiger partial charge < -0.3 is 14.7 Å². The van der Waals surface area contributed by atoms with Gasteiger partial charge in [0.25, 0.3) is 0 Å². The van der Waals surface area contributed by atoms with Gasteiger partial charge in [-0.2, -0.15) is 0 Å². The molecule has 0 aliphatic carbocycles. The van der Waals surface area contributed by atoms with E-state index in [1.54, 1.807) is 12.0 Å². The molecule has 2 rings (SSSR count). The Morgan fingerprint density at radius 2 is 2.14 bits per heavy atom. The Morgan fingerprint density at radius 3 is 2.64 bits per heavy atom. The van der Waals surface area contributed by atoms with Crippen molar-refractivity contribution in [2.45, 2.75) is 26.4 Å².